The number of rotatable bonds is 6. The van der Waals surface area contributed by atoms with Gasteiger partial charge in [0.15, 0.2) is 0 Å². The molecule has 1 N–H and O–H groups in total. The van der Waals surface area contributed by atoms with E-state index in [0.29, 0.717) is 24.1 Å². The van der Waals surface area contributed by atoms with Gasteiger partial charge >= 0.3 is 0 Å². The van der Waals surface area contributed by atoms with Gasteiger partial charge in [-0.25, -0.2) is 0 Å². The fraction of sp³-hybridized carbons (Fsp3) is 0.417. The van der Waals surface area contributed by atoms with Crippen molar-refractivity contribution >= 4 is 37.8 Å². The van der Waals surface area contributed by atoms with Gasteiger partial charge in [-0.15, -0.1) is 26.2 Å². The van der Waals surface area contributed by atoms with Gasteiger partial charge in [-0.05, 0) is 25.1 Å². The first-order valence-electron chi connectivity index (χ1n) is 5.85. The first-order valence-corrected chi connectivity index (χ1v) is 6.67. The molecule has 0 aliphatic carbocycles. The van der Waals surface area contributed by atoms with Gasteiger partial charge in [0.1, 0.15) is 0 Å². The predicted octanol–water partition coefficient (Wildman–Crippen LogP) is 2.73. The summed E-state index contributed by atoms with van der Waals surface area (Å²) in [6.45, 7) is 2.42. The molecular formula is C12H18BrN2O3P. The molecule has 0 aromatic heterocycles. The Hall–Kier alpha value is -1.00. The summed E-state index contributed by atoms with van der Waals surface area (Å²) in [7, 11) is 2.58. The lowest BCUT2D eigenvalue weighted by Gasteiger charge is -2.06. The van der Waals surface area contributed by atoms with E-state index in [-0.39, 0.29) is 28.6 Å². The lowest BCUT2D eigenvalue weighted by Crippen LogP contribution is -2.24. The normalized spacial score (nSPS) is 9.58. The minimum Gasteiger partial charge on any atom is -0.352 e. The van der Waals surface area contributed by atoms with Crippen LogP contribution in [0, 0.1) is 10.1 Å². The number of nitro benzene ring substituents is 1. The number of aryl methyl sites for hydroxylation is 1. The average Bonchev–Trinajstić information content (AvgIpc) is 2.38. The van der Waals surface area contributed by atoms with Crippen molar-refractivity contribution in [1.82, 2.24) is 5.32 Å². The largest absolute Gasteiger partial charge is 0.352 e. The van der Waals surface area contributed by atoms with Crippen molar-refractivity contribution in [2.45, 2.75) is 19.8 Å². The number of amides is 1. The minimum absolute atomic E-state index is 0. The number of hydrogen-bond donors (Lipinski definition) is 1. The molecular weight excluding hydrogens is 331 g/mol. The highest BCUT2D eigenvalue weighted by Crippen LogP contribution is 2.20. The minimum atomic E-state index is -0.446. The van der Waals surface area contributed by atoms with E-state index in [2.05, 4.69) is 14.6 Å². The molecule has 0 bridgehead atoms. The number of benzene rings is 1. The molecule has 1 aromatic carbocycles. The van der Waals surface area contributed by atoms with E-state index in [1.54, 1.807) is 12.1 Å². The Morgan fingerprint density at radius 1 is 1.47 bits per heavy atom. The van der Waals surface area contributed by atoms with E-state index < -0.39 is 4.92 Å². The molecule has 1 amide bonds. The predicted molar refractivity (Wildman–Crippen MR) is 84.3 cm³/mol. The van der Waals surface area contributed by atoms with Crippen molar-refractivity contribution in [1.29, 1.82) is 0 Å². The molecule has 5 nitrogen and oxygen atoms in total. The van der Waals surface area contributed by atoms with Crippen molar-refractivity contribution < 1.29 is 9.72 Å². The first kappa shape index (κ1) is 18.0. The van der Waals surface area contributed by atoms with E-state index in [4.69, 9.17) is 0 Å². The second kappa shape index (κ2) is 8.99. The maximum absolute atomic E-state index is 11.8. The van der Waals surface area contributed by atoms with E-state index in [1.165, 1.54) is 6.07 Å². The van der Waals surface area contributed by atoms with Gasteiger partial charge in [0.25, 0.3) is 11.6 Å². The summed E-state index contributed by atoms with van der Waals surface area (Å²) in [6.07, 6.45) is 2.35. The molecule has 1 atom stereocenters. The topological polar surface area (TPSA) is 72.2 Å². The van der Waals surface area contributed by atoms with E-state index in [0.717, 1.165) is 12.6 Å². The Balaban J connectivity index is 0.00000324. The monoisotopic (exact) mass is 348 g/mol. The van der Waals surface area contributed by atoms with Crippen LogP contribution < -0.4 is 5.32 Å². The zero-order chi connectivity index (χ0) is 13.5. The van der Waals surface area contributed by atoms with Gasteiger partial charge < -0.3 is 5.32 Å². The number of carbonyl (C=O) groups excluding carboxylic acids is 1. The molecule has 106 valence electrons. The third kappa shape index (κ3) is 5.25. The van der Waals surface area contributed by atoms with E-state index >= 15 is 0 Å². The van der Waals surface area contributed by atoms with Crippen LogP contribution in [-0.2, 0) is 6.42 Å². The van der Waals surface area contributed by atoms with Crippen LogP contribution in [0.15, 0.2) is 18.2 Å². The molecule has 0 aliphatic heterocycles. The van der Waals surface area contributed by atoms with Gasteiger partial charge in [-0.1, -0.05) is 13.0 Å². The van der Waals surface area contributed by atoms with Crippen molar-refractivity contribution in [3.63, 3.8) is 0 Å². The molecule has 0 heterocycles. The van der Waals surface area contributed by atoms with Crippen LogP contribution >= 0.6 is 26.2 Å². The molecule has 1 unspecified atom stereocenters. The van der Waals surface area contributed by atoms with Crippen LogP contribution in [0.25, 0.3) is 0 Å². The Labute approximate surface area is 125 Å². The van der Waals surface area contributed by atoms with Crippen molar-refractivity contribution in [3.8, 4) is 0 Å². The van der Waals surface area contributed by atoms with Gasteiger partial charge in [-0.3, -0.25) is 14.9 Å². The molecule has 19 heavy (non-hydrogen) atoms. The number of carbonyl (C=O) groups is 1. The molecule has 1 aromatic rings. The highest BCUT2D eigenvalue weighted by Gasteiger charge is 2.15. The Morgan fingerprint density at radius 2 is 2.16 bits per heavy atom. The highest BCUT2D eigenvalue weighted by atomic mass is 79.9. The van der Waals surface area contributed by atoms with E-state index in [1.807, 2.05) is 6.92 Å². The van der Waals surface area contributed by atoms with Crippen LogP contribution in [0.3, 0.4) is 0 Å². The third-order valence-corrected chi connectivity index (χ3v) is 3.00. The fourth-order valence-electron chi connectivity index (χ4n) is 1.58. The average molecular weight is 349 g/mol. The van der Waals surface area contributed by atoms with Gasteiger partial charge in [0.2, 0.25) is 0 Å². The first-order chi connectivity index (χ1) is 8.60. The Bertz CT molecular complexity index is 455. The standard InChI is InChI=1S/C12H17N2O3P.BrH/c1-2-9-4-5-10(8-11(9)14(16)17)12(15)13-6-3-7-18;/h4-5,8H,2-3,6-7,18H2,1H3,(H,13,15);1H. The number of nitrogens with one attached hydrogen (secondary N) is 1. The van der Waals surface area contributed by atoms with Gasteiger partial charge in [0.05, 0.1) is 4.92 Å². The molecule has 1 rings (SSSR count). The van der Waals surface area contributed by atoms with Gasteiger partial charge in [-0.2, -0.15) is 0 Å². The lowest BCUT2D eigenvalue weighted by atomic mass is 10.1. The van der Waals surface area contributed by atoms with E-state index in [9.17, 15) is 14.9 Å². The van der Waals surface area contributed by atoms with Crippen molar-refractivity contribution in [3.05, 3.63) is 39.4 Å². The third-order valence-electron chi connectivity index (χ3n) is 2.59. The molecule has 0 aliphatic rings. The molecule has 0 radical (unpaired) electrons. The number of halogens is 1. The Morgan fingerprint density at radius 3 is 2.68 bits per heavy atom. The summed E-state index contributed by atoms with van der Waals surface area (Å²) >= 11 is 0. The van der Waals surface area contributed by atoms with Crippen LogP contribution in [0.1, 0.15) is 29.3 Å². The second-order valence-electron chi connectivity index (χ2n) is 3.85. The van der Waals surface area contributed by atoms with Crippen LogP contribution in [-0.4, -0.2) is 23.5 Å². The molecule has 0 spiro atoms. The zero-order valence-corrected chi connectivity index (χ0v) is 13.6. The van der Waals surface area contributed by atoms with Gasteiger partial charge in [0, 0.05) is 23.7 Å². The maximum atomic E-state index is 11.8. The summed E-state index contributed by atoms with van der Waals surface area (Å²) in [4.78, 5) is 22.2. The fourth-order valence-corrected chi connectivity index (χ4v) is 1.78. The molecule has 0 saturated carbocycles. The molecule has 7 heteroatoms. The second-order valence-corrected chi connectivity index (χ2v) is 4.43. The Kier molecular flexibility index (Phi) is 8.52. The number of nitrogens with zero attached hydrogens (tertiary/aromatic N) is 1. The smallest absolute Gasteiger partial charge is 0.273 e. The van der Waals surface area contributed by atoms with Crippen LogP contribution in [0.5, 0.6) is 0 Å². The summed E-state index contributed by atoms with van der Waals surface area (Å²) in [5, 5.41) is 13.6. The lowest BCUT2D eigenvalue weighted by molar-refractivity contribution is -0.385. The number of hydrogen-bond acceptors (Lipinski definition) is 3. The maximum Gasteiger partial charge on any atom is 0.273 e. The summed E-state index contributed by atoms with van der Waals surface area (Å²) in [5.41, 5.74) is 0.986. The molecule has 0 saturated heterocycles. The quantitative estimate of drug-likeness (QED) is 0.372. The van der Waals surface area contributed by atoms with Crippen LogP contribution in [0.2, 0.25) is 0 Å². The summed E-state index contributed by atoms with van der Waals surface area (Å²) < 4.78 is 0. The molecule has 0 fully saturated rings. The zero-order valence-electron chi connectivity index (χ0n) is 10.7. The van der Waals surface area contributed by atoms with Crippen molar-refractivity contribution in [2.24, 2.45) is 0 Å². The summed E-state index contributed by atoms with van der Waals surface area (Å²) in [6, 6.07) is 4.61. The number of nitro groups is 1. The highest BCUT2D eigenvalue weighted by molar-refractivity contribution is 8.93. The van der Waals surface area contributed by atoms with Crippen LogP contribution in [0.4, 0.5) is 5.69 Å². The van der Waals surface area contributed by atoms with Crippen molar-refractivity contribution in [2.75, 3.05) is 12.7 Å². The summed E-state index contributed by atoms with van der Waals surface area (Å²) in [5.74, 6) is -0.265. The SMILES string of the molecule is Br.CCc1ccc(C(=O)NCCCP)cc1[N+](=O)[O-].